The number of likely N-dealkylation sites (tertiary alicyclic amines) is 1. The van der Waals surface area contributed by atoms with Gasteiger partial charge in [0, 0.05) is 116 Å². The van der Waals surface area contributed by atoms with Crippen molar-refractivity contribution in [2.24, 2.45) is 47.3 Å². The monoisotopic (exact) mass is 1670 g/mol. The summed E-state index contributed by atoms with van der Waals surface area (Å²) < 4.78 is 27.2. The van der Waals surface area contributed by atoms with Gasteiger partial charge in [0.05, 0.1) is 0 Å². The number of nitrogens with zero attached hydrogens (tertiary/aromatic N) is 8. The van der Waals surface area contributed by atoms with Crippen LogP contribution in [0.2, 0.25) is 19.6 Å². The van der Waals surface area contributed by atoms with Gasteiger partial charge in [-0.2, -0.15) is 4.39 Å². The Bertz CT molecular complexity index is 3010. The van der Waals surface area contributed by atoms with Crippen LogP contribution < -0.4 is 36.0 Å². The summed E-state index contributed by atoms with van der Waals surface area (Å²) in [5, 5.41) is 14.0. The van der Waals surface area contributed by atoms with E-state index in [9.17, 15) is 28.4 Å². The van der Waals surface area contributed by atoms with E-state index in [1.54, 1.807) is 19.2 Å². The Hall–Kier alpha value is -5.30. The topological polar surface area (TPSA) is 226 Å². The zero-order valence-corrected chi connectivity index (χ0v) is 65.7. The van der Waals surface area contributed by atoms with Crippen LogP contribution >= 0.6 is 70.0 Å². The SMILES string of the molecule is C.C.C.C#Cc1ccc(N2CC3CC(CN(C(C)=O)C3)C2)nc1.C1NCC2CNCC1C2.CC(=O)OC(C)=O.CC(C)(C)OC=O.CC(C)(C)OC=O.C[Si](C)(C)C#Cc1ccc(N2CC3CNCC(C3)C2)nc1.Cl.Cl.Fc1ccc(I)cn1.Ic1ccc(N2CC3CNCC(C3)C2)nc1. The van der Waals surface area contributed by atoms with Crippen LogP contribution in [0.1, 0.15) is 121 Å². The Morgan fingerprint density at radius 2 is 0.850 bits per heavy atom. The van der Waals surface area contributed by atoms with Crippen LogP contribution in [-0.2, 0) is 38.2 Å². The zero-order chi connectivity index (χ0) is 69.7. The van der Waals surface area contributed by atoms with Crippen molar-refractivity contribution in [1.29, 1.82) is 0 Å². The summed E-state index contributed by atoms with van der Waals surface area (Å²) in [6, 6.07) is 15.5. The molecule has 26 heteroatoms. The minimum Gasteiger partial charge on any atom is -0.462 e. The lowest BCUT2D eigenvalue weighted by Gasteiger charge is -2.46. The first-order chi connectivity index (χ1) is 44.9. The van der Waals surface area contributed by atoms with Gasteiger partial charge in [0.15, 0.2) is 0 Å². The smallest absolute Gasteiger partial charge is 0.310 e. The van der Waals surface area contributed by atoms with Gasteiger partial charge in [0.2, 0.25) is 11.9 Å². The molecule has 0 saturated carbocycles. The molecular weight excluding hydrogens is 1560 g/mol. The summed E-state index contributed by atoms with van der Waals surface area (Å²) >= 11 is 4.37. The van der Waals surface area contributed by atoms with E-state index in [0.29, 0.717) is 24.8 Å². The molecule has 0 spiro atoms. The number of terminal acetylenes is 1. The fourth-order valence-electron chi connectivity index (χ4n) is 12.2. The highest BCUT2D eigenvalue weighted by Gasteiger charge is 2.36. The minimum atomic E-state index is -1.31. The van der Waals surface area contributed by atoms with Gasteiger partial charge in [-0.25, -0.2) is 19.9 Å². The molecule has 12 rings (SSSR count). The average molecular weight is 1670 g/mol. The van der Waals surface area contributed by atoms with Gasteiger partial charge in [0.1, 0.15) is 36.7 Å². The maximum absolute atomic E-state index is 12.0. The number of pyridine rings is 4. The molecule has 12 heterocycles. The van der Waals surface area contributed by atoms with E-state index in [2.05, 4.69) is 177 Å². The number of carbonyl (C=O) groups is 5. The molecule has 8 aliphatic rings. The lowest BCUT2D eigenvalue weighted by Crippen LogP contribution is -2.54. The number of anilines is 3. The molecular formula is C74H117Cl2FI2N12O8Si. The number of hydrogen-bond donors (Lipinski definition) is 4. The second kappa shape index (κ2) is 47.9. The molecule has 8 fully saturated rings. The first kappa shape index (κ1) is 94.7. The summed E-state index contributed by atoms with van der Waals surface area (Å²) in [5.41, 5.74) is 4.62. The van der Waals surface area contributed by atoms with Crippen molar-refractivity contribution in [3.8, 4) is 23.8 Å². The molecule has 560 valence electrons. The van der Waals surface area contributed by atoms with Crippen molar-refractivity contribution in [3.05, 3.63) is 97.5 Å². The molecule has 4 aromatic heterocycles. The number of esters is 2. The van der Waals surface area contributed by atoms with Crippen LogP contribution in [0.15, 0.2) is 73.3 Å². The molecule has 4 aromatic rings. The van der Waals surface area contributed by atoms with Crippen LogP contribution in [0.25, 0.3) is 0 Å². The zero-order valence-electron chi connectivity index (χ0n) is 58.7. The molecule has 8 saturated heterocycles. The molecule has 100 heavy (non-hydrogen) atoms. The second-order valence-electron chi connectivity index (χ2n) is 28.5. The van der Waals surface area contributed by atoms with Gasteiger partial charge in [-0.15, -0.1) is 36.8 Å². The third kappa shape index (κ3) is 38.3. The summed E-state index contributed by atoms with van der Waals surface area (Å²) in [6.07, 6.45) is 17.9. The standard InChI is InChI=1S/C17H25N3Si.C16H19N3O.C12H16IN3.C7H14N2.C5H3FIN.2C5H10O2.C4H6O3.3CH4.2ClH/c1-21(2,3)7-6-14-4-5-17(19-11-14)20-12-15-8-16(13-20)10-18-9-15;1-3-13-4-5-16(17-7-13)19-10-14-6-15(11-19)9-18(8-14)12(2)20;13-11-1-2-12(15-6-11)16-7-9-3-10(8-16)5-14-4-9;1-6-2-8-4-7(1)5-9-3-6;6-5-2-1-4(7)3-8-5;2*1-5(2,3)7-4-6;1-3(5)7-4(2)6;;;;;/h4-5,11,15-16,18H,8-10,12-13H2,1-3H3;1,4-5,7,14-15H,6,8-11H2,2H3;1-2,6,9-10,14H,3-5,7-8H2;6-9H,1-5H2;1-3H;2*4H,1-3H3;1-2H3;3*1H4;2*1H. The maximum Gasteiger partial charge on any atom is 0.310 e. The van der Waals surface area contributed by atoms with Gasteiger partial charge in [-0.05, 0) is 261 Å². The molecule has 8 bridgehead atoms. The maximum atomic E-state index is 12.0. The number of amides is 1. The van der Waals surface area contributed by atoms with Gasteiger partial charge < -0.3 is 55.1 Å². The largest absolute Gasteiger partial charge is 0.462 e. The van der Waals surface area contributed by atoms with Crippen molar-refractivity contribution in [2.75, 3.05) is 119 Å². The number of piperidine rings is 8. The number of ether oxygens (including phenoxy) is 3. The van der Waals surface area contributed by atoms with E-state index in [1.807, 2.05) is 71.0 Å². The number of hydrogen-bond acceptors (Lipinski definition) is 19. The fourth-order valence-corrected chi connectivity index (χ4v) is 13.4. The van der Waals surface area contributed by atoms with E-state index in [-0.39, 0.29) is 64.2 Å². The van der Waals surface area contributed by atoms with Gasteiger partial charge >= 0.3 is 11.9 Å². The van der Waals surface area contributed by atoms with Gasteiger partial charge in [-0.1, -0.05) is 53.8 Å². The molecule has 0 radical (unpaired) electrons. The highest BCUT2D eigenvalue weighted by atomic mass is 127. The predicted molar refractivity (Wildman–Crippen MR) is 428 cm³/mol. The lowest BCUT2D eigenvalue weighted by atomic mass is 9.84. The Morgan fingerprint density at radius 1 is 0.520 bits per heavy atom. The van der Waals surface area contributed by atoms with Crippen LogP contribution in [0, 0.1) is 84.2 Å². The molecule has 6 unspecified atom stereocenters. The van der Waals surface area contributed by atoms with E-state index in [0.717, 1.165) is 133 Å². The number of carbonyl (C=O) groups excluding carboxylic acids is 5. The van der Waals surface area contributed by atoms with Crippen molar-refractivity contribution in [1.82, 2.24) is 46.1 Å². The lowest BCUT2D eigenvalue weighted by molar-refractivity contribution is -0.156. The van der Waals surface area contributed by atoms with Gasteiger partial charge in [-0.3, -0.25) is 24.0 Å². The summed E-state index contributed by atoms with van der Waals surface area (Å²) in [5.74, 6) is 13.9. The highest BCUT2D eigenvalue weighted by Crippen LogP contribution is 2.32. The minimum absolute atomic E-state index is 0. The number of rotatable bonds is 5. The van der Waals surface area contributed by atoms with Crippen LogP contribution in [0.5, 0.6) is 0 Å². The van der Waals surface area contributed by atoms with E-state index >= 15 is 0 Å². The summed E-state index contributed by atoms with van der Waals surface area (Å²) in [4.78, 5) is 76.6. The van der Waals surface area contributed by atoms with E-state index in [1.165, 1.54) is 94.6 Å². The average Bonchev–Trinajstić information content (AvgIpc) is 0.822. The molecule has 8 aliphatic heterocycles. The number of fused-ring (bicyclic) bond motifs is 8. The Balaban J connectivity index is 0.00000116. The van der Waals surface area contributed by atoms with E-state index < -0.39 is 26.0 Å². The molecule has 0 aromatic carbocycles. The first-order valence-corrected chi connectivity index (χ1v) is 38.7. The molecule has 20 nitrogen and oxygen atoms in total. The summed E-state index contributed by atoms with van der Waals surface area (Å²) in [6.45, 7) is 40.6. The Kier molecular flexibility index (Phi) is 45.3. The van der Waals surface area contributed by atoms with Crippen LogP contribution in [0.4, 0.5) is 21.8 Å². The highest BCUT2D eigenvalue weighted by molar-refractivity contribution is 14.1. The Morgan fingerprint density at radius 3 is 1.11 bits per heavy atom. The van der Waals surface area contributed by atoms with Crippen molar-refractivity contribution in [3.63, 3.8) is 0 Å². The second-order valence-corrected chi connectivity index (χ2v) is 35.7. The molecule has 1 amide bonds. The fraction of sp³-hybridized carbons (Fsp3) is 0.608. The van der Waals surface area contributed by atoms with E-state index in [4.69, 9.17) is 6.42 Å². The molecule has 0 aliphatic carbocycles. The Labute approximate surface area is 639 Å². The molecule has 6 atom stereocenters. The number of nitrogens with one attached hydrogen (secondary N) is 4. The third-order valence-corrected chi connectivity index (χ3v) is 18.3. The van der Waals surface area contributed by atoms with Crippen molar-refractivity contribution < 1.29 is 42.6 Å². The first-order valence-electron chi connectivity index (χ1n) is 33.0. The van der Waals surface area contributed by atoms with Crippen LogP contribution in [-0.4, -0.2) is 180 Å². The third-order valence-electron chi connectivity index (χ3n) is 16.1. The quantitative estimate of drug-likeness (QED) is 0.0213. The van der Waals surface area contributed by atoms with Gasteiger partial charge in [0.25, 0.3) is 12.9 Å². The van der Waals surface area contributed by atoms with Crippen molar-refractivity contribution >= 4 is 126 Å². The number of halogens is 5. The predicted octanol–water partition coefficient (Wildman–Crippen LogP) is 11.9. The normalized spacial score (nSPS) is 21.6. The number of aromatic nitrogens is 4. The van der Waals surface area contributed by atoms with Crippen molar-refractivity contribution in [2.45, 2.75) is 141 Å². The molecule has 4 N–H and O–H groups in total. The van der Waals surface area contributed by atoms with Crippen LogP contribution in [0.3, 0.4) is 0 Å². The summed E-state index contributed by atoms with van der Waals surface area (Å²) in [7, 11) is -1.31.